The average molecular weight is 425 g/mol. The molecule has 0 aliphatic carbocycles. The van der Waals surface area contributed by atoms with E-state index < -0.39 is 6.04 Å². The third kappa shape index (κ3) is 7.42. The Labute approximate surface area is 186 Å². The largest absolute Gasteiger partial charge is 0.483 e. The van der Waals surface area contributed by atoms with Crippen LogP contribution >= 0.6 is 0 Å². The molecule has 0 spiro atoms. The van der Waals surface area contributed by atoms with Gasteiger partial charge >= 0.3 is 0 Å². The van der Waals surface area contributed by atoms with Crippen LogP contribution in [0.15, 0.2) is 48.5 Å². The number of nitrogens with one attached hydrogen (secondary N) is 1. The second kappa shape index (κ2) is 12.1. The molecular weight excluding hydrogens is 388 g/mol. The molecule has 0 aromatic heterocycles. The van der Waals surface area contributed by atoms with Crippen molar-refractivity contribution in [3.05, 3.63) is 65.2 Å². The second-order valence-corrected chi connectivity index (χ2v) is 8.12. The molecular formula is C26H36N2O3. The van der Waals surface area contributed by atoms with Gasteiger partial charge in [-0.15, -0.1) is 0 Å². The summed E-state index contributed by atoms with van der Waals surface area (Å²) in [6, 6.07) is 15.4. The van der Waals surface area contributed by atoms with Crippen molar-refractivity contribution in [2.45, 2.75) is 66.0 Å². The summed E-state index contributed by atoms with van der Waals surface area (Å²) in [5.41, 5.74) is 3.27. The number of benzene rings is 2. The van der Waals surface area contributed by atoms with Crippen molar-refractivity contribution in [2.75, 3.05) is 13.2 Å². The molecule has 0 saturated heterocycles. The maximum atomic E-state index is 13.2. The molecule has 2 atom stereocenters. The number of rotatable bonds is 11. The summed E-state index contributed by atoms with van der Waals surface area (Å²) < 4.78 is 5.84. The molecule has 2 amide bonds. The summed E-state index contributed by atoms with van der Waals surface area (Å²) in [5.74, 6) is 0.408. The highest BCUT2D eigenvalue weighted by Crippen LogP contribution is 2.19. The first-order valence-electron chi connectivity index (χ1n) is 11.2. The number of nitrogens with zero attached hydrogens (tertiary/aromatic N) is 1. The number of aryl methyl sites for hydroxylation is 2. The lowest BCUT2D eigenvalue weighted by Gasteiger charge is -2.31. The van der Waals surface area contributed by atoms with Crippen LogP contribution in [0.1, 0.15) is 50.3 Å². The van der Waals surface area contributed by atoms with Gasteiger partial charge in [-0.2, -0.15) is 0 Å². The molecule has 168 valence electrons. The van der Waals surface area contributed by atoms with Crippen molar-refractivity contribution in [2.24, 2.45) is 0 Å². The summed E-state index contributed by atoms with van der Waals surface area (Å²) in [5, 5.41) is 3.03. The van der Waals surface area contributed by atoms with Crippen LogP contribution < -0.4 is 10.1 Å². The Morgan fingerprint density at radius 1 is 1.03 bits per heavy atom. The fraction of sp³-hybridized carbons (Fsp3) is 0.462. The van der Waals surface area contributed by atoms with E-state index in [0.29, 0.717) is 25.1 Å². The monoisotopic (exact) mass is 424 g/mol. The quantitative estimate of drug-likeness (QED) is 0.580. The molecule has 5 nitrogen and oxygen atoms in total. The third-order valence-electron chi connectivity index (χ3n) is 5.55. The number of amides is 2. The Morgan fingerprint density at radius 3 is 2.35 bits per heavy atom. The van der Waals surface area contributed by atoms with Crippen molar-refractivity contribution in [3.8, 4) is 5.75 Å². The number of ether oxygens (including phenoxy) is 1. The van der Waals surface area contributed by atoms with Crippen LogP contribution in [0.25, 0.3) is 0 Å². The Bertz CT molecular complexity index is 851. The number of hydrogen-bond acceptors (Lipinski definition) is 3. The van der Waals surface area contributed by atoms with Gasteiger partial charge in [0.25, 0.3) is 5.91 Å². The Kier molecular flexibility index (Phi) is 9.57. The first-order valence-corrected chi connectivity index (χ1v) is 11.2. The summed E-state index contributed by atoms with van der Waals surface area (Å²) in [6.45, 7) is 10.3. The zero-order chi connectivity index (χ0) is 22.8. The maximum Gasteiger partial charge on any atom is 0.261 e. The van der Waals surface area contributed by atoms with E-state index >= 15 is 0 Å². The third-order valence-corrected chi connectivity index (χ3v) is 5.55. The molecule has 0 heterocycles. The van der Waals surface area contributed by atoms with E-state index in [9.17, 15) is 9.59 Å². The van der Waals surface area contributed by atoms with Gasteiger partial charge in [0, 0.05) is 12.6 Å². The normalized spacial score (nSPS) is 12.7. The van der Waals surface area contributed by atoms with E-state index in [-0.39, 0.29) is 24.5 Å². The van der Waals surface area contributed by atoms with Gasteiger partial charge in [-0.05, 0) is 57.2 Å². The first kappa shape index (κ1) is 24.4. The number of carbonyl (C=O) groups excluding carboxylic acids is 2. The van der Waals surface area contributed by atoms with Crippen LogP contribution in [0.4, 0.5) is 0 Å². The van der Waals surface area contributed by atoms with Crippen LogP contribution in [0.3, 0.4) is 0 Å². The second-order valence-electron chi connectivity index (χ2n) is 8.12. The minimum absolute atomic E-state index is 0.0686. The van der Waals surface area contributed by atoms with E-state index in [1.54, 1.807) is 4.90 Å². The molecule has 2 aromatic rings. The van der Waals surface area contributed by atoms with Crippen molar-refractivity contribution in [3.63, 3.8) is 0 Å². The topological polar surface area (TPSA) is 58.6 Å². The highest BCUT2D eigenvalue weighted by atomic mass is 16.5. The Balaban J connectivity index is 2.15. The van der Waals surface area contributed by atoms with Crippen LogP contribution in [-0.2, 0) is 16.0 Å². The van der Waals surface area contributed by atoms with Gasteiger partial charge in [-0.3, -0.25) is 9.59 Å². The molecule has 2 aromatic carbocycles. The predicted octanol–water partition coefficient (Wildman–Crippen LogP) is 4.45. The van der Waals surface area contributed by atoms with Crippen molar-refractivity contribution < 1.29 is 14.3 Å². The van der Waals surface area contributed by atoms with Crippen LogP contribution in [0.2, 0.25) is 0 Å². The molecule has 0 fully saturated rings. The molecule has 0 radical (unpaired) electrons. The van der Waals surface area contributed by atoms with E-state index in [4.69, 9.17) is 4.74 Å². The number of hydrogen-bond donors (Lipinski definition) is 1. The van der Waals surface area contributed by atoms with Gasteiger partial charge < -0.3 is 15.0 Å². The zero-order valence-electron chi connectivity index (χ0n) is 19.5. The number of carbonyl (C=O) groups is 2. The fourth-order valence-corrected chi connectivity index (χ4v) is 3.52. The first-order chi connectivity index (χ1) is 14.8. The Hall–Kier alpha value is -2.82. The van der Waals surface area contributed by atoms with Gasteiger partial charge in [-0.25, -0.2) is 0 Å². The van der Waals surface area contributed by atoms with E-state index in [1.165, 1.54) is 0 Å². The molecule has 0 unspecified atom stereocenters. The van der Waals surface area contributed by atoms with E-state index in [0.717, 1.165) is 23.1 Å². The van der Waals surface area contributed by atoms with E-state index in [2.05, 4.69) is 5.32 Å². The molecule has 1 N–H and O–H groups in total. The SMILES string of the molecule is CC[C@@H](C)NC(=O)[C@@H](CC)N(CCc1ccccc1)C(=O)COc1ccc(C)cc1C. The molecule has 0 saturated carbocycles. The zero-order valence-corrected chi connectivity index (χ0v) is 19.5. The molecule has 0 aliphatic rings. The van der Waals surface area contributed by atoms with Crippen molar-refractivity contribution in [1.29, 1.82) is 0 Å². The predicted molar refractivity (Wildman–Crippen MR) is 125 cm³/mol. The van der Waals surface area contributed by atoms with Gasteiger partial charge in [0.1, 0.15) is 11.8 Å². The lowest BCUT2D eigenvalue weighted by atomic mass is 10.1. The minimum Gasteiger partial charge on any atom is -0.483 e. The van der Waals surface area contributed by atoms with Crippen LogP contribution in [-0.4, -0.2) is 41.9 Å². The van der Waals surface area contributed by atoms with Crippen LogP contribution in [0.5, 0.6) is 5.75 Å². The standard InChI is InChI=1S/C26H36N2O3/c1-6-21(5)27-26(30)23(7-2)28(16-15-22-11-9-8-10-12-22)25(29)18-31-24-14-13-19(3)17-20(24)4/h8-14,17,21,23H,6-7,15-16,18H2,1-5H3,(H,27,30)/t21-,23-/m1/s1. The highest BCUT2D eigenvalue weighted by Gasteiger charge is 2.29. The van der Waals surface area contributed by atoms with Gasteiger partial charge in [0.2, 0.25) is 5.91 Å². The lowest BCUT2D eigenvalue weighted by molar-refractivity contribution is -0.142. The van der Waals surface area contributed by atoms with Crippen molar-refractivity contribution >= 4 is 11.8 Å². The van der Waals surface area contributed by atoms with Crippen LogP contribution in [0, 0.1) is 13.8 Å². The smallest absolute Gasteiger partial charge is 0.261 e. The summed E-state index contributed by atoms with van der Waals surface area (Å²) in [7, 11) is 0. The van der Waals surface area contributed by atoms with Gasteiger partial charge in [-0.1, -0.05) is 61.9 Å². The molecule has 5 heteroatoms. The minimum atomic E-state index is -0.520. The fourth-order valence-electron chi connectivity index (χ4n) is 3.52. The summed E-state index contributed by atoms with van der Waals surface area (Å²) in [4.78, 5) is 27.8. The molecule has 31 heavy (non-hydrogen) atoms. The summed E-state index contributed by atoms with van der Waals surface area (Å²) >= 11 is 0. The summed E-state index contributed by atoms with van der Waals surface area (Å²) in [6.07, 6.45) is 2.07. The molecule has 0 bridgehead atoms. The van der Waals surface area contributed by atoms with Gasteiger partial charge in [0.15, 0.2) is 6.61 Å². The van der Waals surface area contributed by atoms with Crippen molar-refractivity contribution in [1.82, 2.24) is 10.2 Å². The average Bonchev–Trinajstić information content (AvgIpc) is 2.76. The van der Waals surface area contributed by atoms with E-state index in [1.807, 2.05) is 83.1 Å². The highest BCUT2D eigenvalue weighted by molar-refractivity contribution is 5.88. The van der Waals surface area contributed by atoms with Gasteiger partial charge in [0.05, 0.1) is 0 Å². The maximum absolute atomic E-state index is 13.2. The molecule has 2 rings (SSSR count). The lowest BCUT2D eigenvalue weighted by Crippen LogP contribution is -2.52. The molecule has 0 aliphatic heterocycles. The Morgan fingerprint density at radius 2 is 1.74 bits per heavy atom.